The predicted octanol–water partition coefficient (Wildman–Crippen LogP) is 2.75. The van der Waals surface area contributed by atoms with E-state index in [4.69, 9.17) is 0 Å². The SMILES string of the molecule is CS(=O)(=O)CCC(=O)N[C@@H](c1ccc(F)cc1F)C1CCCC1. The summed E-state index contributed by atoms with van der Waals surface area (Å²) < 4.78 is 49.5. The first-order valence-electron chi connectivity index (χ1n) is 7.68. The van der Waals surface area contributed by atoms with E-state index in [1.54, 1.807) is 0 Å². The molecule has 4 nitrogen and oxygen atoms in total. The van der Waals surface area contributed by atoms with Crippen molar-refractivity contribution in [2.24, 2.45) is 5.92 Å². The number of carbonyl (C=O) groups is 1. The van der Waals surface area contributed by atoms with Crippen LogP contribution in [0.15, 0.2) is 18.2 Å². The molecule has 128 valence electrons. The summed E-state index contributed by atoms with van der Waals surface area (Å²) in [5.41, 5.74) is 0.256. The van der Waals surface area contributed by atoms with Crippen LogP contribution in [-0.4, -0.2) is 26.3 Å². The van der Waals surface area contributed by atoms with Crippen LogP contribution in [0, 0.1) is 17.6 Å². The molecule has 7 heteroatoms. The molecule has 0 spiro atoms. The second-order valence-corrected chi connectivity index (χ2v) is 8.40. The lowest BCUT2D eigenvalue weighted by molar-refractivity contribution is -0.121. The summed E-state index contributed by atoms with van der Waals surface area (Å²) in [6, 6.07) is 2.78. The molecule has 1 aromatic carbocycles. The molecular formula is C16H21F2NO3S. The van der Waals surface area contributed by atoms with Crippen molar-refractivity contribution < 1.29 is 22.0 Å². The number of amides is 1. The first-order chi connectivity index (χ1) is 10.8. The van der Waals surface area contributed by atoms with Gasteiger partial charge in [-0.3, -0.25) is 4.79 Å². The third-order valence-corrected chi connectivity index (χ3v) is 5.13. The minimum Gasteiger partial charge on any atom is -0.349 e. The molecule has 1 saturated carbocycles. The molecule has 1 aromatic rings. The zero-order chi connectivity index (χ0) is 17.0. The third kappa shape index (κ3) is 5.27. The van der Waals surface area contributed by atoms with E-state index in [-0.39, 0.29) is 23.7 Å². The van der Waals surface area contributed by atoms with Crippen molar-refractivity contribution in [1.82, 2.24) is 5.32 Å². The van der Waals surface area contributed by atoms with Crippen LogP contribution in [0.3, 0.4) is 0 Å². The van der Waals surface area contributed by atoms with Gasteiger partial charge in [-0.2, -0.15) is 0 Å². The van der Waals surface area contributed by atoms with E-state index >= 15 is 0 Å². The van der Waals surface area contributed by atoms with Crippen LogP contribution >= 0.6 is 0 Å². The molecule has 0 heterocycles. The molecule has 1 N–H and O–H groups in total. The normalized spacial score (nSPS) is 17.2. The highest BCUT2D eigenvalue weighted by Crippen LogP contribution is 2.36. The van der Waals surface area contributed by atoms with Gasteiger partial charge in [0.25, 0.3) is 0 Å². The lowest BCUT2D eigenvalue weighted by atomic mass is 9.91. The Balaban J connectivity index is 2.16. The van der Waals surface area contributed by atoms with Gasteiger partial charge >= 0.3 is 0 Å². The fraction of sp³-hybridized carbons (Fsp3) is 0.562. The summed E-state index contributed by atoms with van der Waals surface area (Å²) in [6.07, 6.45) is 4.62. The quantitative estimate of drug-likeness (QED) is 0.862. The van der Waals surface area contributed by atoms with E-state index in [1.165, 1.54) is 12.1 Å². The Morgan fingerprint density at radius 2 is 1.96 bits per heavy atom. The van der Waals surface area contributed by atoms with Crippen LogP contribution < -0.4 is 5.32 Å². The van der Waals surface area contributed by atoms with Crippen LogP contribution in [-0.2, 0) is 14.6 Å². The number of sulfone groups is 1. The average Bonchev–Trinajstić information content (AvgIpc) is 2.96. The molecule has 0 radical (unpaired) electrons. The number of hydrogen-bond donors (Lipinski definition) is 1. The van der Waals surface area contributed by atoms with Crippen molar-refractivity contribution in [3.8, 4) is 0 Å². The fourth-order valence-electron chi connectivity index (χ4n) is 3.02. The topological polar surface area (TPSA) is 63.2 Å². The van der Waals surface area contributed by atoms with E-state index < -0.39 is 33.4 Å². The smallest absolute Gasteiger partial charge is 0.221 e. The number of nitrogens with one attached hydrogen (secondary N) is 1. The molecule has 1 aliphatic rings. The van der Waals surface area contributed by atoms with Gasteiger partial charge < -0.3 is 5.32 Å². The Hall–Kier alpha value is -1.50. The van der Waals surface area contributed by atoms with E-state index in [0.29, 0.717) is 0 Å². The summed E-state index contributed by atoms with van der Waals surface area (Å²) in [5.74, 6) is -1.96. The number of halogens is 2. The summed E-state index contributed by atoms with van der Waals surface area (Å²) in [5, 5.41) is 2.74. The zero-order valence-corrected chi connectivity index (χ0v) is 13.8. The van der Waals surface area contributed by atoms with Crippen molar-refractivity contribution in [2.75, 3.05) is 12.0 Å². The molecule has 1 amide bonds. The number of rotatable bonds is 6. The van der Waals surface area contributed by atoms with Crippen LogP contribution in [0.1, 0.15) is 43.7 Å². The Bertz CT molecular complexity index is 670. The van der Waals surface area contributed by atoms with Crippen LogP contribution in [0.25, 0.3) is 0 Å². The molecule has 0 unspecified atom stereocenters. The van der Waals surface area contributed by atoms with E-state index in [1.807, 2.05) is 0 Å². The molecule has 0 aliphatic heterocycles. The largest absolute Gasteiger partial charge is 0.349 e. The fourth-order valence-corrected chi connectivity index (χ4v) is 3.57. The maximum Gasteiger partial charge on any atom is 0.221 e. The summed E-state index contributed by atoms with van der Waals surface area (Å²) in [7, 11) is -3.24. The molecule has 1 fully saturated rings. The summed E-state index contributed by atoms with van der Waals surface area (Å²) in [4.78, 5) is 12.0. The molecule has 0 saturated heterocycles. The Kier molecular flexibility index (Phi) is 5.73. The van der Waals surface area contributed by atoms with Gasteiger partial charge in [-0.15, -0.1) is 0 Å². The maximum absolute atomic E-state index is 14.1. The molecule has 1 atom stereocenters. The minimum atomic E-state index is -3.24. The van der Waals surface area contributed by atoms with Gasteiger partial charge in [-0.05, 0) is 24.8 Å². The highest BCUT2D eigenvalue weighted by Gasteiger charge is 2.29. The van der Waals surface area contributed by atoms with Gasteiger partial charge in [-0.25, -0.2) is 17.2 Å². The van der Waals surface area contributed by atoms with Gasteiger partial charge in [-0.1, -0.05) is 18.9 Å². The van der Waals surface area contributed by atoms with Crippen molar-refractivity contribution in [3.63, 3.8) is 0 Å². The number of hydrogen-bond acceptors (Lipinski definition) is 3. The molecule has 0 aromatic heterocycles. The van der Waals surface area contributed by atoms with Crippen LogP contribution in [0.2, 0.25) is 0 Å². The van der Waals surface area contributed by atoms with E-state index in [0.717, 1.165) is 38.0 Å². The first-order valence-corrected chi connectivity index (χ1v) is 9.74. The minimum absolute atomic E-state index is 0.0807. The van der Waals surface area contributed by atoms with Crippen molar-refractivity contribution in [3.05, 3.63) is 35.4 Å². The van der Waals surface area contributed by atoms with Crippen molar-refractivity contribution in [1.29, 1.82) is 0 Å². The van der Waals surface area contributed by atoms with Gasteiger partial charge in [0.05, 0.1) is 11.8 Å². The monoisotopic (exact) mass is 345 g/mol. The molecule has 23 heavy (non-hydrogen) atoms. The Labute approximate surface area is 135 Å². The molecule has 1 aliphatic carbocycles. The number of carbonyl (C=O) groups excluding carboxylic acids is 1. The molecule has 0 bridgehead atoms. The maximum atomic E-state index is 14.1. The highest BCUT2D eigenvalue weighted by molar-refractivity contribution is 7.90. The summed E-state index contributed by atoms with van der Waals surface area (Å²) >= 11 is 0. The molecular weight excluding hydrogens is 324 g/mol. The van der Waals surface area contributed by atoms with Crippen molar-refractivity contribution >= 4 is 15.7 Å². The van der Waals surface area contributed by atoms with Gasteiger partial charge in [0, 0.05) is 24.3 Å². The lowest BCUT2D eigenvalue weighted by Gasteiger charge is -2.25. The van der Waals surface area contributed by atoms with Gasteiger partial charge in [0.15, 0.2) is 0 Å². The standard InChI is InChI=1S/C16H21F2NO3S/c1-23(21,22)9-8-15(20)19-16(11-4-2-3-5-11)13-7-6-12(17)10-14(13)18/h6-7,10-11,16H,2-5,8-9H2,1H3,(H,19,20)/t16-/m1/s1. The highest BCUT2D eigenvalue weighted by atomic mass is 32.2. The second-order valence-electron chi connectivity index (χ2n) is 6.14. The molecule has 2 rings (SSSR count). The Morgan fingerprint density at radius 3 is 2.52 bits per heavy atom. The van der Waals surface area contributed by atoms with Gasteiger partial charge in [0.2, 0.25) is 5.91 Å². The zero-order valence-electron chi connectivity index (χ0n) is 13.0. The number of benzene rings is 1. The predicted molar refractivity (Wildman–Crippen MR) is 83.5 cm³/mol. The lowest BCUT2D eigenvalue weighted by Crippen LogP contribution is -2.34. The average molecular weight is 345 g/mol. The second kappa shape index (κ2) is 7.38. The van der Waals surface area contributed by atoms with Crippen molar-refractivity contribution in [2.45, 2.75) is 38.1 Å². The van der Waals surface area contributed by atoms with Gasteiger partial charge in [0.1, 0.15) is 21.5 Å². The van der Waals surface area contributed by atoms with E-state index in [9.17, 15) is 22.0 Å². The third-order valence-electron chi connectivity index (χ3n) is 4.19. The van der Waals surface area contributed by atoms with E-state index in [2.05, 4.69) is 5.32 Å². The van der Waals surface area contributed by atoms with Crippen LogP contribution in [0.5, 0.6) is 0 Å². The summed E-state index contributed by atoms with van der Waals surface area (Å²) in [6.45, 7) is 0. The first kappa shape index (κ1) is 17.8. The Morgan fingerprint density at radius 1 is 1.30 bits per heavy atom. The van der Waals surface area contributed by atoms with Crippen LogP contribution in [0.4, 0.5) is 8.78 Å².